The van der Waals surface area contributed by atoms with Crippen molar-refractivity contribution in [2.45, 2.75) is 45.3 Å². The Morgan fingerprint density at radius 2 is 1.65 bits per heavy atom. The van der Waals surface area contributed by atoms with Crippen LogP contribution in [-0.2, 0) is 6.18 Å². The summed E-state index contributed by atoms with van der Waals surface area (Å²) in [6, 6.07) is 3.86. The summed E-state index contributed by atoms with van der Waals surface area (Å²) in [4.78, 5) is 0. The Morgan fingerprint density at radius 1 is 1.05 bits per heavy atom. The van der Waals surface area contributed by atoms with Crippen LogP contribution in [0.3, 0.4) is 0 Å². The van der Waals surface area contributed by atoms with E-state index in [4.69, 9.17) is 11.6 Å². The fourth-order valence-corrected chi connectivity index (χ4v) is 3.37. The fourth-order valence-electron chi connectivity index (χ4n) is 3.14. The third-order valence-corrected chi connectivity index (χ3v) is 3.99. The van der Waals surface area contributed by atoms with Crippen LogP contribution in [-0.4, -0.2) is 6.04 Å². The lowest BCUT2D eigenvalue weighted by molar-refractivity contribution is -0.137. The molecule has 1 aliphatic carbocycles. The average molecular weight is 306 g/mol. The molecule has 0 spiro atoms. The summed E-state index contributed by atoms with van der Waals surface area (Å²) >= 11 is 5.79. The third kappa shape index (κ3) is 4.05. The molecule has 1 nitrogen and oxygen atoms in total. The molecule has 0 heterocycles. The second-order valence-electron chi connectivity index (χ2n) is 5.99. The van der Waals surface area contributed by atoms with Gasteiger partial charge in [-0.3, -0.25) is 0 Å². The molecular formula is C15H19ClF3N. The lowest BCUT2D eigenvalue weighted by Gasteiger charge is -2.32. The smallest absolute Gasteiger partial charge is 0.382 e. The van der Waals surface area contributed by atoms with Crippen molar-refractivity contribution in [3.05, 3.63) is 28.8 Å². The number of nitrogens with one attached hydrogen (secondary N) is 1. The van der Waals surface area contributed by atoms with E-state index in [1.165, 1.54) is 6.42 Å². The first-order valence-electron chi connectivity index (χ1n) is 6.88. The molecule has 0 bridgehead atoms. The van der Waals surface area contributed by atoms with Gasteiger partial charge in [0.2, 0.25) is 0 Å². The number of anilines is 1. The van der Waals surface area contributed by atoms with E-state index < -0.39 is 11.7 Å². The molecular weight excluding hydrogens is 287 g/mol. The first-order chi connectivity index (χ1) is 9.24. The molecule has 5 heteroatoms. The average Bonchev–Trinajstić information content (AvgIpc) is 2.25. The molecule has 1 aromatic rings. The van der Waals surface area contributed by atoms with Crippen molar-refractivity contribution < 1.29 is 13.2 Å². The molecule has 2 unspecified atom stereocenters. The molecule has 0 radical (unpaired) electrons. The minimum absolute atomic E-state index is 0.110. The maximum atomic E-state index is 12.8. The second kappa shape index (κ2) is 5.84. The van der Waals surface area contributed by atoms with E-state index in [0.29, 0.717) is 17.5 Å². The normalized spacial score (nSPS) is 27.4. The lowest BCUT2D eigenvalue weighted by Crippen LogP contribution is -2.30. The van der Waals surface area contributed by atoms with Crippen molar-refractivity contribution in [3.8, 4) is 0 Å². The molecule has 1 fully saturated rings. The van der Waals surface area contributed by atoms with E-state index in [0.717, 1.165) is 25.0 Å². The predicted octanol–water partition coefficient (Wildman–Crippen LogP) is 5.60. The highest BCUT2D eigenvalue weighted by molar-refractivity contribution is 6.30. The molecule has 20 heavy (non-hydrogen) atoms. The maximum Gasteiger partial charge on any atom is 0.416 e. The Morgan fingerprint density at radius 3 is 2.20 bits per heavy atom. The number of hydrogen-bond donors (Lipinski definition) is 1. The first-order valence-corrected chi connectivity index (χ1v) is 7.26. The van der Waals surface area contributed by atoms with Crippen LogP contribution in [0.25, 0.3) is 0 Å². The van der Waals surface area contributed by atoms with E-state index >= 15 is 0 Å². The zero-order valence-corrected chi connectivity index (χ0v) is 12.4. The number of halogens is 4. The van der Waals surface area contributed by atoms with E-state index in [1.54, 1.807) is 6.07 Å². The highest BCUT2D eigenvalue weighted by atomic mass is 35.5. The molecule has 2 atom stereocenters. The van der Waals surface area contributed by atoms with E-state index in [9.17, 15) is 13.2 Å². The van der Waals surface area contributed by atoms with E-state index in [2.05, 4.69) is 19.2 Å². The molecule has 2 rings (SSSR count). The van der Waals surface area contributed by atoms with Crippen molar-refractivity contribution in [2.24, 2.45) is 11.8 Å². The summed E-state index contributed by atoms with van der Waals surface area (Å²) in [5.41, 5.74) is -0.250. The fraction of sp³-hybridized carbons (Fsp3) is 0.600. The minimum Gasteiger partial charge on any atom is -0.382 e. The molecule has 0 saturated heterocycles. The van der Waals surface area contributed by atoms with Gasteiger partial charge in [-0.2, -0.15) is 13.2 Å². The third-order valence-electron chi connectivity index (χ3n) is 3.77. The molecule has 112 valence electrons. The highest BCUT2D eigenvalue weighted by Gasteiger charge is 2.31. The maximum absolute atomic E-state index is 12.8. The topological polar surface area (TPSA) is 12.0 Å². The molecule has 1 saturated carbocycles. The van der Waals surface area contributed by atoms with Gasteiger partial charge in [0.25, 0.3) is 0 Å². The van der Waals surface area contributed by atoms with Crippen LogP contribution >= 0.6 is 11.6 Å². The Kier molecular flexibility index (Phi) is 4.52. The highest BCUT2D eigenvalue weighted by Crippen LogP contribution is 2.35. The largest absolute Gasteiger partial charge is 0.416 e. The molecule has 1 aromatic carbocycles. The van der Waals surface area contributed by atoms with Crippen LogP contribution in [0.2, 0.25) is 5.02 Å². The number of rotatable bonds is 2. The van der Waals surface area contributed by atoms with Crippen LogP contribution in [0.5, 0.6) is 0 Å². The molecule has 1 aliphatic rings. The monoisotopic (exact) mass is 305 g/mol. The Hall–Kier alpha value is -0.900. The molecule has 0 aliphatic heterocycles. The van der Waals surface area contributed by atoms with Gasteiger partial charge in [-0.05, 0) is 49.3 Å². The summed E-state index contributed by atoms with van der Waals surface area (Å²) in [6.45, 7) is 4.37. The molecule has 1 N–H and O–H groups in total. The van der Waals surface area contributed by atoms with Gasteiger partial charge in [-0.25, -0.2) is 0 Å². The predicted molar refractivity (Wildman–Crippen MR) is 76.0 cm³/mol. The van der Waals surface area contributed by atoms with Gasteiger partial charge in [-0.15, -0.1) is 0 Å². The minimum atomic E-state index is -4.37. The van der Waals surface area contributed by atoms with Crippen LogP contribution < -0.4 is 5.32 Å². The van der Waals surface area contributed by atoms with Crippen LogP contribution in [0.4, 0.5) is 18.9 Å². The van der Waals surface area contributed by atoms with Gasteiger partial charge in [0.15, 0.2) is 0 Å². The van der Waals surface area contributed by atoms with Crippen molar-refractivity contribution in [2.75, 3.05) is 5.32 Å². The van der Waals surface area contributed by atoms with Crippen molar-refractivity contribution in [3.63, 3.8) is 0 Å². The van der Waals surface area contributed by atoms with Crippen molar-refractivity contribution >= 4 is 17.3 Å². The summed E-state index contributed by atoms with van der Waals surface area (Å²) in [6.07, 6.45) is -1.22. The Bertz CT molecular complexity index is 463. The van der Waals surface area contributed by atoms with E-state index in [-0.39, 0.29) is 11.1 Å². The van der Waals surface area contributed by atoms with Crippen LogP contribution in [0.1, 0.15) is 38.7 Å². The summed E-state index contributed by atoms with van der Waals surface area (Å²) in [7, 11) is 0. The van der Waals surface area contributed by atoms with Gasteiger partial charge >= 0.3 is 6.18 Å². The van der Waals surface area contributed by atoms with Crippen LogP contribution in [0, 0.1) is 11.8 Å². The SMILES string of the molecule is CC1CC(C)CC(Nc2cc(Cl)cc(C(F)(F)F)c2)C1. The molecule has 0 aromatic heterocycles. The second-order valence-corrected chi connectivity index (χ2v) is 6.42. The first kappa shape index (κ1) is 15.5. The Labute approximate surface area is 122 Å². The summed E-state index contributed by atoms with van der Waals surface area (Å²) in [5, 5.41) is 3.32. The van der Waals surface area contributed by atoms with Crippen LogP contribution in [0.15, 0.2) is 18.2 Å². The zero-order valence-electron chi connectivity index (χ0n) is 11.6. The van der Waals surface area contributed by atoms with Crippen molar-refractivity contribution in [1.82, 2.24) is 0 Å². The number of benzene rings is 1. The number of alkyl halides is 3. The van der Waals surface area contributed by atoms with Gasteiger partial charge < -0.3 is 5.32 Å². The number of hydrogen-bond acceptors (Lipinski definition) is 1. The lowest BCUT2D eigenvalue weighted by atomic mass is 9.80. The standard InChI is InChI=1S/C15H19ClF3N/c1-9-3-10(2)5-13(4-9)20-14-7-11(15(17,18)19)6-12(16)8-14/h6-10,13,20H,3-5H2,1-2H3. The van der Waals surface area contributed by atoms with Gasteiger partial charge in [0, 0.05) is 16.8 Å². The Balaban J connectivity index is 2.15. The molecule has 0 amide bonds. The quantitative estimate of drug-likeness (QED) is 0.750. The van der Waals surface area contributed by atoms with Gasteiger partial charge in [-0.1, -0.05) is 25.4 Å². The zero-order chi connectivity index (χ0) is 14.9. The van der Waals surface area contributed by atoms with Crippen molar-refractivity contribution in [1.29, 1.82) is 0 Å². The van der Waals surface area contributed by atoms with E-state index in [1.807, 2.05) is 0 Å². The van der Waals surface area contributed by atoms with Gasteiger partial charge in [0.05, 0.1) is 5.56 Å². The summed E-state index contributed by atoms with van der Waals surface area (Å²) < 4.78 is 38.3. The summed E-state index contributed by atoms with van der Waals surface area (Å²) in [5.74, 6) is 1.19. The van der Waals surface area contributed by atoms with Gasteiger partial charge in [0.1, 0.15) is 0 Å².